The highest BCUT2D eigenvalue weighted by atomic mass is 16.5. The van der Waals surface area contributed by atoms with Crippen LogP contribution >= 0.6 is 0 Å². The number of hydrogen-bond acceptors (Lipinski definition) is 12. The maximum atomic E-state index is 7.74. The van der Waals surface area contributed by atoms with Crippen molar-refractivity contribution < 1.29 is 9.47 Å². The lowest BCUT2D eigenvalue weighted by Gasteiger charge is -2.34. The number of anilines is 1. The number of ether oxygens (including phenoxy) is 2. The van der Waals surface area contributed by atoms with Gasteiger partial charge in [0.15, 0.2) is 5.65 Å². The maximum absolute atomic E-state index is 7.74. The first-order valence-corrected chi connectivity index (χ1v) is 16.7. The number of aromatic amines is 1. The third-order valence-electron chi connectivity index (χ3n) is 8.65. The normalized spacial score (nSPS) is 12.6. The van der Waals surface area contributed by atoms with Crippen LogP contribution < -0.4 is 14.4 Å². The van der Waals surface area contributed by atoms with E-state index >= 15 is 0 Å². The summed E-state index contributed by atoms with van der Waals surface area (Å²) in [6.07, 6.45) is 4.69. The van der Waals surface area contributed by atoms with Crippen molar-refractivity contribution in [2.45, 2.75) is 80.3 Å². The Hall–Kier alpha value is -6.30. The Morgan fingerprint density at radius 1 is 0.843 bits per heavy atom. The second kappa shape index (κ2) is 14.7. The number of nitrogens with one attached hydrogen (secondary N) is 1. The van der Waals surface area contributed by atoms with Crippen molar-refractivity contribution in [3.63, 3.8) is 0 Å². The number of fused-ring (bicyclic) bond motifs is 1. The molecule has 2 unspecified atom stereocenters. The number of hydrogen-bond donors (Lipinski definition) is 1. The molecular formula is C36H39N13O2. The van der Waals surface area contributed by atoms with Gasteiger partial charge in [0.2, 0.25) is 11.6 Å². The van der Waals surface area contributed by atoms with Gasteiger partial charge in [-0.1, -0.05) is 60.5 Å². The molecule has 2 aromatic carbocycles. The van der Waals surface area contributed by atoms with E-state index in [-0.39, 0.29) is 47.4 Å². The molecule has 6 aromatic rings. The monoisotopic (exact) mass is 685 g/mol. The fourth-order valence-electron chi connectivity index (χ4n) is 5.58. The Labute approximate surface area is 295 Å². The van der Waals surface area contributed by atoms with E-state index in [0.717, 1.165) is 35.1 Å². The number of rotatable bonds is 12. The Kier molecular flexibility index (Phi) is 9.94. The molecule has 0 aliphatic heterocycles. The summed E-state index contributed by atoms with van der Waals surface area (Å²) in [4.78, 5) is 35.6. The fraction of sp³-hybridized carbons (Fsp3) is 0.333. The molecular weight excluding hydrogens is 646 g/mol. The molecule has 1 N–H and O–H groups in total. The van der Waals surface area contributed by atoms with Crippen molar-refractivity contribution in [3.05, 3.63) is 82.6 Å². The highest BCUT2D eigenvalue weighted by Crippen LogP contribution is 2.44. The number of azo groups is 1. The number of imidazole rings is 1. The average Bonchev–Trinajstić information content (AvgIpc) is 3.75. The zero-order valence-electron chi connectivity index (χ0n) is 29.9. The van der Waals surface area contributed by atoms with E-state index in [4.69, 9.17) is 26.0 Å². The summed E-state index contributed by atoms with van der Waals surface area (Å²) < 4.78 is 14.5. The molecule has 0 aliphatic rings. The SMILES string of the molecule is [C-]#[N+]c1nc(N=Nc2c(Oc3c(C)cccc3C)nc(N(C(C)CC)C(C)CC)nc2Oc2c(C)cccc2C)nn1-c1nc2cncnc2[nH]1. The van der Waals surface area contributed by atoms with Crippen LogP contribution in [0, 0.1) is 34.3 Å². The van der Waals surface area contributed by atoms with Crippen LogP contribution in [0.5, 0.6) is 23.3 Å². The number of H-pyrrole nitrogens is 1. The molecule has 2 atom stereocenters. The summed E-state index contributed by atoms with van der Waals surface area (Å²) >= 11 is 0. The van der Waals surface area contributed by atoms with Crippen molar-refractivity contribution in [1.29, 1.82) is 0 Å². The van der Waals surface area contributed by atoms with Gasteiger partial charge in [-0.2, -0.15) is 15.0 Å². The zero-order valence-corrected chi connectivity index (χ0v) is 29.9. The van der Waals surface area contributed by atoms with E-state index < -0.39 is 0 Å². The van der Waals surface area contributed by atoms with Gasteiger partial charge >= 0.3 is 11.9 Å². The molecule has 0 spiro atoms. The van der Waals surface area contributed by atoms with Crippen LogP contribution in [0.15, 0.2) is 59.2 Å². The number of nitrogens with zero attached hydrogens (tertiary/aromatic N) is 12. The molecule has 4 heterocycles. The van der Waals surface area contributed by atoms with E-state index in [9.17, 15) is 0 Å². The van der Waals surface area contributed by atoms with E-state index in [0.29, 0.717) is 28.6 Å². The van der Waals surface area contributed by atoms with E-state index in [1.54, 1.807) is 6.20 Å². The van der Waals surface area contributed by atoms with Gasteiger partial charge < -0.3 is 19.2 Å². The minimum absolute atomic E-state index is 0.0840. The molecule has 15 nitrogen and oxygen atoms in total. The fourth-order valence-corrected chi connectivity index (χ4v) is 5.58. The van der Waals surface area contributed by atoms with Gasteiger partial charge in [0, 0.05) is 12.1 Å². The molecule has 0 saturated heterocycles. The third-order valence-corrected chi connectivity index (χ3v) is 8.65. The van der Waals surface area contributed by atoms with Crippen LogP contribution in [0.25, 0.3) is 22.0 Å². The second-order valence-corrected chi connectivity index (χ2v) is 12.3. The first-order valence-electron chi connectivity index (χ1n) is 16.7. The minimum Gasteiger partial charge on any atom is -0.436 e. The predicted molar refractivity (Wildman–Crippen MR) is 193 cm³/mol. The molecule has 0 saturated carbocycles. The van der Waals surface area contributed by atoms with Crippen LogP contribution in [0.3, 0.4) is 0 Å². The van der Waals surface area contributed by atoms with Crippen molar-refractivity contribution in [3.8, 4) is 29.2 Å². The van der Waals surface area contributed by atoms with Crippen LogP contribution in [-0.4, -0.2) is 56.8 Å². The van der Waals surface area contributed by atoms with Crippen LogP contribution in [0.2, 0.25) is 0 Å². The van der Waals surface area contributed by atoms with Crippen LogP contribution in [0.4, 0.5) is 23.5 Å². The van der Waals surface area contributed by atoms with Gasteiger partial charge in [0.05, 0.1) is 6.20 Å². The Morgan fingerprint density at radius 2 is 1.41 bits per heavy atom. The van der Waals surface area contributed by atoms with Crippen LogP contribution in [0.1, 0.15) is 62.8 Å². The molecule has 6 rings (SSSR count). The predicted octanol–water partition coefficient (Wildman–Crippen LogP) is 8.91. The van der Waals surface area contributed by atoms with Gasteiger partial charge in [0.1, 0.15) is 23.3 Å². The average molecular weight is 686 g/mol. The summed E-state index contributed by atoms with van der Waals surface area (Å²) in [6.45, 7) is 24.2. The molecule has 51 heavy (non-hydrogen) atoms. The third kappa shape index (κ3) is 7.07. The maximum Gasteiger partial charge on any atom is 0.369 e. The zero-order chi connectivity index (χ0) is 36.2. The van der Waals surface area contributed by atoms with Gasteiger partial charge in [-0.3, -0.25) is 4.98 Å². The highest BCUT2D eigenvalue weighted by Gasteiger charge is 2.28. The summed E-state index contributed by atoms with van der Waals surface area (Å²) in [6, 6.07) is 12.0. The Balaban J connectivity index is 1.55. The largest absolute Gasteiger partial charge is 0.436 e. The summed E-state index contributed by atoms with van der Waals surface area (Å²) in [5.74, 6) is 2.01. The molecule has 4 aromatic heterocycles. The first-order chi connectivity index (χ1) is 24.6. The molecule has 260 valence electrons. The quantitative estimate of drug-likeness (QED) is 0.0972. The summed E-state index contributed by atoms with van der Waals surface area (Å²) in [5, 5.41) is 13.4. The lowest BCUT2D eigenvalue weighted by atomic mass is 10.1. The second-order valence-electron chi connectivity index (χ2n) is 12.3. The van der Waals surface area contributed by atoms with Gasteiger partial charge in [-0.05, 0) is 76.6 Å². The van der Waals surface area contributed by atoms with E-state index in [1.165, 1.54) is 11.0 Å². The Bertz CT molecular complexity index is 2110. The van der Waals surface area contributed by atoms with Gasteiger partial charge in [-0.15, -0.1) is 21.4 Å². The number of para-hydroxylation sites is 2. The van der Waals surface area contributed by atoms with Crippen LogP contribution in [-0.2, 0) is 0 Å². The number of benzene rings is 2. The van der Waals surface area contributed by atoms with Crippen molar-refractivity contribution >= 4 is 34.7 Å². The minimum atomic E-state index is -0.103. The highest BCUT2D eigenvalue weighted by molar-refractivity contribution is 5.70. The lowest BCUT2D eigenvalue weighted by Crippen LogP contribution is -2.41. The lowest BCUT2D eigenvalue weighted by molar-refractivity contribution is 0.423. The molecule has 0 aliphatic carbocycles. The molecule has 0 amide bonds. The molecule has 0 fully saturated rings. The number of aromatic nitrogens is 9. The number of aryl methyl sites for hydroxylation is 4. The standard InChI is InChI=1S/C36H39N13O2/c1-10-24(7)48(25(8)11-2)35-42-31(50-28-20(3)14-12-15-21(28)4)27(32(43-35)51-29-22(5)16-13-17-23(29)6)45-46-33-44-34(37-9)49(47-33)36-40-26-18-38-19-39-30(26)41-36/h12-19,24-25H,10-11H2,1-8H3,(H,38,39,40,41). The van der Waals surface area contributed by atoms with Gasteiger partial charge in [0.25, 0.3) is 17.7 Å². The summed E-state index contributed by atoms with van der Waals surface area (Å²) in [5.41, 5.74) is 4.75. The topological polar surface area (TPSA) is 162 Å². The van der Waals surface area contributed by atoms with Crippen molar-refractivity contribution in [2.24, 2.45) is 10.2 Å². The first kappa shape index (κ1) is 34.6. The van der Waals surface area contributed by atoms with Gasteiger partial charge in [-0.25, -0.2) is 9.97 Å². The van der Waals surface area contributed by atoms with E-state index in [2.05, 4.69) is 77.7 Å². The smallest absolute Gasteiger partial charge is 0.369 e. The van der Waals surface area contributed by atoms with Crippen molar-refractivity contribution in [2.75, 3.05) is 4.90 Å². The molecule has 15 heteroatoms. The summed E-state index contributed by atoms with van der Waals surface area (Å²) in [7, 11) is 0. The van der Waals surface area contributed by atoms with Crippen molar-refractivity contribution in [1.82, 2.24) is 44.7 Å². The van der Waals surface area contributed by atoms with E-state index in [1.807, 2.05) is 64.1 Å². The Morgan fingerprint density at radius 3 is 1.92 bits per heavy atom. The molecule has 0 bridgehead atoms. The molecule has 0 radical (unpaired) electrons.